The van der Waals surface area contributed by atoms with Gasteiger partial charge in [-0.15, -0.1) is 0 Å². The first-order chi connectivity index (χ1) is 12.0. The summed E-state index contributed by atoms with van der Waals surface area (Å²) in [7, 11) is 0. The molecule has 5 nitrogen and oxygen atoms in total. The number of anilines is 3. The molecule has 1 aromatic heterocycles. The second kappa shape index (κ2) is 7.32. The lowest BCUT2D eigenvalue weighted by atomic mass is 10.2. The molecule has 6 heteroatoms. The molecule has 126 valence electrons. The molecule has 0 saturated carbocycles. The summed E-state index contributed by atoms with van der Waals surface area (Å²) in [6, 6.07) is 14.8. The maximum Gasteiger partial charge on any atom is 0.274 e. The van der Waals surface area contributed by atoms with Crippen LogP contribution in [0.4, 0.5) is 17.3 Å². The Morgan fingerprint density at radius 3 is 2.44 bits per heavy atom. The van der Waals surface area contributed by atoms with Crippen LogP contribution < -0.4 is 10.6 Å². The maximum atomic E-state index is 12.4. The van der Waals surface area contributed by atoms with E-state index in [4.69, 9.17) is 11.6 Å². The molecule has 3 rings (SSSR count). The zero-order valence-electron chi connectivity index (χ0n) is 13.9. The Labute approximate surface area is 151 Å². The Hall–Kier alpha value is -2.92. The summed E-state index contributed by atoms with van der Waals surface area (Å²) >= 11 is 6.08. The standard InChI is InChI=1S/C19H17ClN4O/c1-12-3-6-14(7-4-12)23-19-21-10-9-17(24-19)18(25)22-15-8-5-13(2)16(20)11-15/h3-11H,1-2H3,(H,22,25)(H,21,23,24). The van der Waals surface area contributed by atoms with E-state index in [1.807, 2.05) is 44.2 Å². The molecule has 0 fully saturated rings. The summed E-state index contributed by atoms with van der Waals surface area (Å²) < 4.78 is 0. The largest absolute Gasteiger partial charge is 0.324 e. The molecular formula is C19H17ClN4O. The van der Waals surface area contributed by atoms with E-state index in [0.29, 0.717) is 16.7 Å². The van der Waals surface area contributed by atoms with Crippen LogP contribution >= 0.6 is 11.6 Å². The number of aromatic nitrogens is 2. The number of hydrogen-bond acceptors (Lipinski definition) is 4. The third-order valence-corrected chi connectivity index (χ3v) is 4.03. The van der Waals surface area contributed by atoms with E-state index in [9.17, 15) is 4.79 Å². The minimum absolute atomic E-state index is 0.265. The van der Waals surface area contributed by atoms with Crippen molar-refractivity contribution < 1.29 is 4.79 Å². The summed E-state index contributed by atoms with van der Waals surface area (Å²) in [5, 5.41) is 6.47. The van der Waals surface area contributed by atoms with E-state index in [1.165, 1.54) is 0 Å². The number of carbonyl (C=O) groups is 1. The number of aryl methyl sites for hydroxylation is 2. The molecule has 0 bridgehead atoms. The number of benzene rings is 2. The molecule has 1 amide bonds. The van der Waals surface area contributed by atoms with Crippen molar-refractivity contribution in [3.05, 3.63) is 76.6 Å². The van der Waals surface area contributed by atoms with Crippen LogP contribution in [0.1, 0.15) is 21.6 Å². The fraction of sp³-hybridized carbons (Fsp3) is 0.105. The first-order valence-electron chi connectivity index (χ1n) is 7.75. The summed E-state index contributed by atoms with van der Waals surface area (Å²) in [4.78, 5) is 20.8. The Bertz CT molecular complexity index is 910. The van der Waals surface area contributed by atoms with Gasteiger partial charge < -0.3 is 10.6 Å². The van der Waals surface area contributed by atoms with Gasteiger partial charge in [-0.05, 0) is 49.7 Å². The van der Waals surface area contributed by atoms with Crippen LogP contribution in [-0.2, 0) is 0 Å². The summed E-state index contributed by atoms with van der Waals surface area (Å²) in [5.41, 5.74) is 3.85. The third kappa shape index (κ3) is 4.33. The van der Waals surface area contributed by atoms with Gasteiger partial charge in [0.2, 0.25) is 5.95 Å². The Morgan fingerprint density at radius 2 is 1.72 bits per heavy atom. The van der Waals surface area contributed by atoms with E-state index in [-0.39, 0.29) is 11.6 Å². The Morgan fingerprint density at radius 1 is 1.00 bits per heavy atom. The van der Waals surface area contributed by atoms with Crippen LogP contribution in [0.15, 0.2) is 54.7 Å². The molecule has 0 aliphatic carbocycles. The van der Waals surface area contributed by atoms with Gasteiger partial charge in [-0.25, -0.2) is 9.97 Å². The van der Waals surface area contributed by atoms with E-state index >= 15 is 0 Å². The van der Waals surface area contributed by atoms with Crippen LogP contribution in [0.5, 0.6) is 0 Å². The van der Waals surface area contributed by atoms with E-state index in [0.717, 1.165) is 16.8 Å². The topological polar surface area (TPSA) is 66.9 Å². The lowest BCUT2D eigenvalue weighted by molar-refractivity contribution is 0.102. The van der Waals surface area contributed by atoms with E-state index in [1.54, 1.807) is 24.4 Å². The van der Waals surface area contributed by atoms with E-state index < -0.39 is 0 Å². The number of amides is 1. The second-order valence-electron chi connectivity index (χ2n) is 5.67. The SMILES string of the molecule is Cc1ccc(Nc2nccc(C(=O)Nc3ccc(C)c(Cl)c3)n2)cc1. The highest BCUT2D eigenvalue weighted by atomic mass is 35.5. The zero-order valence-corrected chi connectivity index (χ0v) is 14.6. The van der Waals surface area contributed by atoms with Gasteiger partial charge >= 0.3 is 0 Å². The number of rotatable bonds is 4. The number of nitrogens with zero attached hydrogens (tertiary/aromatic N) is 2. The first kappa shape index (κ1) is 16.9. The molecule has 2 N–H and O–H groups in total. The molecule has 1 heterocycles. The quantitative estimate of drug-likeness (QED) is 0.711. The molecule has 25 heavy (non-hydrogen) atoms. The van der Waals surface area contributed by atoms with Gasteiger partial charge in [-0.3, -0.25) is 4.79 Å². The minimum atomic E-state index is -0.325. The monoisotopic (exact) mass is 352 g/mol. The van der Waals surface area contributed by atoms with Gasteiger partial charge in [0.1, 0.15) is 5.69 Å². The van der Waals surface area contributed by atoms with Crippen molar-refractivity contribution in [2.75, 3.05) is 10.6 Å². The molecule has 0 aliphatic heterocycles. The summed E-state index contributed by atoms with van der Waals surface area (Å²) in [6.07, 6.45) is 1.54. The van der Waals surface area contributed by atoms with Gasteiger partial charge in [0.05, 0.1) is 0 Å². The van der Waals surface area contributed by atoms with Crippen molar-refractivity contribution >= 4 is 34.8 Å². The van der Waals surface area contributed by atoms with Crippen LogP contribution in [0.25, 0.3) is 0 Å². The minimum Gasteiger partial charge on any atom is -0.324 e. The number of carbonyl (C=O) groups excluding carboxylic acids is 1. The lowest BCUT2D eigenvalue weighted by Crippen LogP contribution is -2.14. The maximum absolute atomic E-state index is 12.4. The lowest BCUT2D eigenvalue weighted by Gasteiger charge is -2.08. The van der Waals surface area contributed by atoms with Gasteiger partial charge in [0.15, 0.2) is 0 Å². The van der Waals surface area contributed by atoms with Crippen molar-refractivity contribution in [3.63, 3.8) is 0 Å². The molecule has 0 atom stereocenters. The van der Waals surface area contributed by atoms with Crippen molar-refractivity contribution in [1.82, 2.24) is 9.97 Å². The molecule has 2 aromatic carbocycles. The molecule has 0 spiro atoms. The summed E-state index contributed by atoms with van der Waals surface area (Å²) in [5.74, 6) is 0.0349. The summed E-state index contributed by atoms with van der Waals surface area (Å²) in [6.45, 7) is 3.92. The van der Waals surface area contributed by atoms with Crippen LogP contribution in [0, 0.1) is 13.8 Å². The second-order valence-corrected chi connectivity index (χ2v) is 6.08. The molecule has 0 aliphatic rings. The highest BCUT2D eigenvalue weighted by Gasteiger charge is 2.10. The molecule has 3 aromatic rings. The third-order valence-electron chi connectivity index (χ3n) is 3.63. The Kier molecular flexibility index (Phi) is 4.95. The average Bonchev–Trinajstić information content (AvgIpc) is 2.60. The average molecular weight is 353 g/mol. The first-order valence-corrected chi connectivity index (χ1v) is 8.13. The van der Waals surface area contributed by atoms with Crippen LogP contribution in [0.3, 0.4) is 0 Å². The van der Waals surface area contributed by atoms with Crippen molar-refractivity contribution in [1.29, 1.82) is 0 Å². The van der Waals surface area contributed by atoms with Gasteiger partial charge in [-0.2, -0.15) is 0 Å². The van der Waals surface area contributed by atoms with Crippen LogP contribution in [0.2, 0.25) is 5.02 Å². The predicted molar refractivity (Wildman–Crippen MR) is 101 cm³/mol. The Balaban J connectivity index is 1.74. The molecule has 0 radical (unpaired) electrons. The normalized spacial score (nSPS) is 10.4. The van der Waals surface area contributed by atoms with Gasteiger partial charge in [-0.1, -0.05) is 35.4 Å². The molecule has 0 unspecified atom stereocenters. The molecular weight excluding hydrogens is 336 g/mol. The number of hydrogen-bond donors (Lipinski definition) is 2. The number of halogens is 1. The van der Waals surface area contributed by atoms with Crippen molar-refractivity contribution in [2.45, 2.75) is 13.8 Å². The zero-order chi connectivity index (χ0) is 17.8. The van der Waals surface area contributed by atoms with Crippen LogP contribution in [-0.4, -0.2) is 15.9 Å². The predicted octanol–water partition coefficient (Wildman–Crippen LogP) is 4.74. The highest BCUT2D eigenvalue weighted by molar-refractivity contribution is 6.31. The highest BCUT2D eigenvalue weighted by Crippen LogP contribution is 2.20. The van der Waals surface area contributed by atoms with Gasteiger partial charge in [0, 0.05) is 22.6 Å². The fourth-order valence-electron chi connectivity index (χ4n) is 2.18. The van der Waals surface area contributed by atoms with E-state index in [2.05, 4.69) is 20.6 Å². The fourth-order valence-corrected chi connectivity index (χ4v) is 2.36. The van der Waals surface area contributed by atoms with Crippen molar-refractivity contribution in [3.8, 4) is 0 Å². The van der Waals surface area contributed by atoms with Crippen molar-refractivity contribution in [2.24, 2.45) is 0 Å². The molecule has 0 saturated heterocycles. The van der Waals surface area contributed by atoms with Gasteiger partial charge in [0.25, 0.3) is 5.91 Å². The number of nitrogens with one attached hydrogen (secondary N) is 2. The smallest absolute Gasteiger partial charge is 0.274 e.